The summed E-state index contributed by atoms with van der Waals surface area (Å²) >= 11 is 0. The topological polar surface area (TPSA) is 87.7 Å². The number of benzene rings is 11. The molecule has 364 valence electrons. The van der Waals surface area contributed by atoms with Gasteiger partial charge in [0.05, 0.1) is 27.6 Å². The smallest absolute Gasteiger partial charge is 0.227 e. The van der Waals surface area contributed by atoms with Gasteiger partial charge in [-0.15, -0.1) is 0 Å². The molecule has 8 heteroatoms. The van der Waals surface area contributed by atoms with E-state index < -0.39 is 0 Å². The lowest BCUT2D eigenvalue weighted by atomic mass is 9.99. The molecule has 11 aromatic carbocycles. The number of nitrogens with zero attached hydrogens (tertiary/aromatic N) is 6. The predicted molar refractivity (Wildman–Crippen MR) is 316 cm³/mol. The number of furan rings is 1. The molecule has 0 atom stereocenters. The lowest BCUT2D eigenvalue weighted by Gasteiger charge is -2.14. The third-order valence-electron chi connectivity index (χ3n) is 15.3. The van der Waals surface area contributed by atoms with Gasteiger partial charge in [-0.2, -0.15) is 0 Å². The number of aromatic nitrogens is 6. The second-order valence-corrected chi connectivity index (χ2v) is 19.7. The molecular weight excluding hydrogens is 957 g/mol. The van der Waals surface area contributed by atoms with E-state index in [1.807, 2.05) is 103 Å². The van der Waals surface area contributed by atoms with Gasteiger partial charge in [0.25, 0.3) is 0 Å². The molecule has 0 aliphatic carbocycles. The predicted octanol–water partition coefficient (Wildman–Crippen LogP) is 18.1. The van der Waals surface area contributed by atoms with Crippen LogP contribution in [0, 0.1) is 0 Å². The Morgan fingerprint density at radius 1 is 0.269 bits per heavy atom. The van der Waals surface area contributed by atoms with E-state index in [2.05, 4.69) is 161 Å². The molecule has 0 amide bonds. The number of para-hydroxylation sites is 5. The summed E-state index contributed by atoms with van der Waals surface area (Å²) in [5, 5.41) is 6.80. The summed E-state index contributed by atoms with van der Waals surface area (Å²) in [5.74, 6) is 2.33. The van der Waals surface area contributed by atoms with Crippen LogP contribution in [0.5, 0.6) is 0 Å². The van der Waals surface area contributed by atoms with Crippen LogP contribution in [-0.4, -0.2) is 29.1 Å². The van der Waals surface area contributed by atoms with E-state index in [0.717, 1.165) is 111 Å². The molecule has 0 fully saturated rings. The Hall–Kier alpha value is -10.7. The first-order valence-corrected chi connectivity index (χ1v) is 26.1. The molecule has 0 bridgehead atoms. The molecule has 5 aromatic heterocycles. The molecule has 16 aromatic rings. The van der Waals surface area contributed by atoms with Crippen LogP contribution in [0.15, 0.2) is 264 Å². The van der Waals surface area contributed by atoms with Crippen molar-refractivity contribution in [1.29, 1.82) is 0 Å². The SMILES string of the molecule is c1ccc(-c2nc(-c3ccc(-n4c5ccccc5c5ccc6c7ccccc7n(-c7ccc(-c8ccc(-c9cccc%10nc(-c%11ccccc%11)oc9%10)cc8)cc7)c6c54)cc3)nc(-c3cccc4c3oc3ccccc34)n2)cc1. The maximum atomic E-state index is 6.49. The summed E-state index contributed by atoms with van der Waals surface area (Å²) < 4.78 is 17.7. The fraction of sp³-hybridized carbons (Fsp3) is 0. The maximum absolute atomic E-state index is 6.49. The van der Waals surface area contributed by atoms with Crippen LogP contribution >= 0.6 is 0 Å². The van der Waals surface area contributed by atoms with E-state index >= 15 is 0 Å². The largest absolute Gasteiger partial charge is 0.455 e. The molecule has 0 N–H and O–H groups in total. The minimum absolute atomic E-state index is 0.547. The molecular formula is C70H42N6O2. The number of rotatable bonds is 8. The molecule has 0 spiro atoms. The van der Waals surface area contributed by atoms with Gasteiger partial charge in [0.1, 0.15) is 16.7 Å². The summed E-state index contributed by atoms with van der Waals surface area (Å²) in [7, 11) is 0. The van der Waals surface area contributed by atoms with Crippen LogP contribution in [0.2, 0.25) is 0 Å². The van der Waals surface area contributed by atoms with Gasteiger partial charge in [0, 0.05) is 65.9 Å². The molecule has 16 rings (SSSR count). The standard InChI is InChI=1S/C70H42N6O2/c1-3-15-46(16-4-1)67-72-68(74-69(73-67)58-24-13-23-57-54-21-9-12-28-62(54)77-65(57)58)47-35-39-50(40-36-47)76-61-27-11-8-20-53(61)56-42-41-55-52-19-7-10-26-60(52)75(63(55)64(56)76)49-37-33-44(34-38-49)43-29-31-45(32-30-43)51-22-14-25-59-66(51)78-70(71-59)48-17-5-2-6-18-48/h1-42H. The van der Waals surface area contributed by atoms with Crippen LogP contribution in [0.1, 0.15) is 0 Å². The molecule has 0 saturated carbocycles. The van der Waals surface area contributed by atoms with Crippen molar-refractivity contribution in [2.75, 3.05) is 0 Å². The Labute approximate surface area is 446 Å². The summed E-state index contributed by atoms with van der Waals surface area (Å²) in [5.41, 5.74) is 17.7. The monoisotopic (exact) mass is 998 g/mol. The lowest BCUT2D eigenvalue weighted by Crippen LogP contribution is -2.01. The third kappa shape index (κ3) is 6.94. The first-order valence-electron chi connectivity index (χ1n) is 26.1. The highest BCUT2D eigenvalue weighted by molar-refractivity contribution is 6.24. The van der Waals surface area contributed by atoms with E-state index in [1.165, 1.54) is 21.5 Å². The van der Waals surface area contributed by atoms with Crippen molar-refractivity contribution in [3.63, 3.8) is 0 Å². The highest BCUT2D eigenvalue weighted by atomic mass is 16.3. The van der Waals surface area contributed by atoms with E-state index in [4.69, 9.17) is 28.8 Å². The van der Waals surface area contributed by atoms with E-state index in [1.54, 1.807) is 0 Å². The molecule has 0 aliphatic rings. The minimum Gasteiger partial charge on any atom is -0.455 e. The number of hydrogen-bond acceptors (Lipinski definition) is 6. The Bertz CT molecular complexity index is 5000. The Kier molecular flexibility index (Phi) is 9.77. The van der Waals surface area contributed by atoms with Crippen LogP contribution in [0.25, 0.3) is 156 Å². The summed E-state index contributed by atoms with van der Waals surface area (Å²) in [6.07, 6.45) is 0. The van der Waals surface area contributed by atoms with Gasteiger partial charge in [0.2, 0.25) is 5.89 Å². The van der Waals surface area contributed by atoms with Crippen molar-refractivity contribution in [2.24, 2.45) is 0 Å². The van der Waals surface area contributed by atoms with Crippen molar-refractivity contribution in [2.45, 2.75) is 0 Å². The van der Waals surface area contributed by atoms with Gasteiger partial charge >= 0.3 is 0 Å². The third-order valence-corrected chi connectivity index (χ3v) is 15.3. The molecule has 0 radical (unpaired) electrons. The van der Waals surface area contributed by atoms with E-state index in [0.29, 0.717) is 23.4 Å². The Morgan fingerprint density at radius 2 is 0.744 bits per heavy atom. The van der Waals surface area contributed by atoms with Crippen LogP contribution in [0.3, 0.4) is 0 Å². The highest BCUT2D eigenvalue weighted by Crippen LogP contribution is 2.43. The highest BCUT2D eigenvalue weighted by Gasteiger charge is 2.23. The van der Waals surface area contributed by atoms with Gasteiger partial charge in [-0.3, -0.25) is 0 Å². The van der Waals surface area contributed by atoms with Crippen molar-refractivity contribution in [1.82, 2.24) is 29.1 Å². The molecule has 78 heavy (non-hydrogen) atoms. The van der Waals surface area contributed by atoms with Crippen molar-refractivity contribution in [3.8, 4) is 79.2 Å². The minimum atomic E-state index is 0.547. The fourth-order valence-electron chi connectivity index (χ4n) is 11.6. The molecule has 0 aliphatic heterocycles. The first kappa shape index (κ1) is 43.7. The zero-order valence-electron chi connectivity index (χ0n) is 41.7. The van der Waals surface area contributed by atoms with Crippen LogP contribution < -0.4 is 0 Å². The lowest BCUT2D eigenvalue weighted by molar-refractivity contribution is 0.621. The van der Waals surface area contributed by atoms with Crippen LogP contribution in [0.4, 0.5) is 0 Å². The van der Waals surface area contributed by atoms with Crippen LogP contribution in [-0.2, 0) is 0 Å². The Balaban J connectivity index is 0.803. The van der Waals surface area contributed by atoms with E-state index in [-0.39, 0.29) is 0 Å². The summed E-state index contributed by atoms with van der Waals surface area (Å²) in [6.45, 7) is 0. The molecule has 0 saturated heterocycles. The summed E-state index contributed by atoms with van der Waals surface area (Å²) in [4.78, 5) is 20.2. The number of hydrogen-bond donors (Lipinski definition) is 0. The Morgan fingerprint density at radius 3 is 1.38 bits per heavy atom. The quantitative estimate of drug-likeness (QED) is 0.151. The van der Waals surface area contributed by atoms with Crippen molar-refractivity contribution in [3.05, 3.63) is 255 Å². The molecule has 8 nitrogen and oxygen atoms in total. The van der Waals surface area contributed by atoms with Gasteiger partial charge in [0.15, 0.2) is 23.1 Å². The van der Waals surface area contributed by atoms with Gasteiger partial charge < -0.3 is 18.0 Å². The fourth-order valence-corrected chi connectivity index (χ4v) is 11.6. The average Bonchev–Trinajstić information content (AvgIpc) is 4.47. The zero-order valence-corrected chi connectivity index (χ0v) is 41.7. The van der Waals surface area contributed by atoms with Crippen molar-refractivity contribution >= 4 is 76.6 Å². The van der Waals surface area contributed by atoms with Gasteiger partial charge in [-0.1, -0.05) is 176 Å². The maximum Gasteiger partial charge on any atom is 0.227 e. The van der Waals surface area contributed by atoms with E-state index in [9.17, 15) is 0 Å². The number of oxazole rings is 1. The molecule has 0 unspecified atom stereocenters. The average molecular weight is 999 g/mol. The second-order valence-electron chi connectivity index (χ2n) is 19.7. The molecule has 5 heterocycles. The number of fused-ring (bicyclic) bond motifs is 11. The van der Waals surface area contributed by atoms with Crippen molar-refractivity contribution < 1.29 is 8.83 Å². The summed E-state index contributed by atoms with van der Waals surface area (Å²) in [6, 6.07) is 88.9. The van der Waals surface area contributed by atoms with Gasteiger partial charge in [-0.25, -0.2) is 19.9 Å². The normalized spacial score (nSPS) is 11.8. The van der Waals surface area contributed by atoms with Gasteiger partial charge in [-0.05, 0) is 95.6 Å². The second kappa shape index (κ2) is 17.4. The first-order chi connectivity index (χ1) is 38.7. The zero-order chi connectivity index (χ0) is 51.3.